The van der Waals surface area contributed by atoms with Gasteiger partial charge in [-0.25, -0.2) is 4.79 Å². The monoisotopic (exact) mass is 387 g/mol. The summed E-state index contributed by atoms with van der Waals surface area (Å²) in [6, 6.07) is 0. The van der Waals surface area contributed by atoms with E-state index in [1.165, 1.54) is 6.92 Å². The molecule has 128 valence electrons. The molecule has 0 saturated carbocycles. The molecule has 0 aliphatic carbocycles. The van der Waals surface area contributed by atoms with Gasteiger partial charge >= 0.3 is 5.97 Å². The third-order valence-electron chi connectivity index (χ3n) is 2.24. The standard InChI is InChI=1S/C6H15NO3.C5H6Cl4O2/c8-4-1-7(2-5-9)3-6-10;1-4(6,7)5(8,9)3(10)11-2/h8-10H,1-6H2;1-2H3. The number of rotatable bonds is 8. The molecule has 10 heteroatoms. The first-order chi connectivity index (χ1) is 9.58. The van der Waals surface area contributed by atoms with Crippen LogP contribution in [0.1, 0.15) is 6.92 Å². The van der Waals surface area contributed by atoms with E-state index in [4.69, 9.17) is 61.7 Å². The summed E-state index contributed by atoms with van der Waals surface area (Å²) < 4.78 is 0.750. The number of carbonyl (C=O) groups excluding carboxylic acids is 1. The topological polar surface area (TPSA) is 90.2 Å². The maximum Gasteiger partial charge on any atom is 0.345 e. The highest BCUT2D eigenvalue weighted by Crippen LogP contribution is 2.42. The largest absolute Gasteiger partial charge is 0.467 e. The predicted molar refractivity (Wildman–Crippen MR) is 84.3 cm³/mol. The summed E-state index contributed by atoms with van der Waals surface area (Å²) in [4.78, 5) is 12.6. The molecule has 0 aliphatic heterocycles. The number of aliphatic hydroxyl groups excluding tert-OH is 3. The van der Waals surface area contributed by atoms with Crippen LogP contribution in [-0.2, 0) is 9.53 Å². The number of esters is 1. The Bertz CT molecular complexity index is 272. The van der Waals surface area contributed by atoms with E-state index in [0.717, 1.165) is 7.11 Å². The molecule has 21 heavy (non-hydrogen) atoms. The molecule has 0 unspecified atom stereocenters. The number of hydrogen-bond donors (Lipinski definition) is 3. The second-order valence-corrected chi connectivity index (χ2v) is 7.00. The van der Waals surface area contributed by atoms with Crippen LogP contribution in [0.4, 0.5) is 0 Å². The van der Waals surface area contributed by atoms with Gasteiger partial charge in [0.05, 0.1) is 26.9 Å². The van der Waals surface area contributed by atoms with Crippen LogP contribution in [-0.4, -0.2) is 81.4 Å². The van der Waals surface area contributed by atoms with Crippen molar-refractivity contribution in [2.24, 2.45) is 0 Å². The second kappa shape index (κ2) is 12.0. The summed E-state index contributed by atoms with van der Waals surface area (Å²) >= 11 is 22.0. The zero-order chi connectivity index (χ0) is 17.1. The number of alkyl halides is 4. The van der Waals surface area contributed by atoms with Gasteiger partial charge in [0.1, 0.15) is 0 Å². The summed E-state index contributed by atoms with van der Waals surface area (Å²) in [5, 5.41) is 25.5. The summed E-state index contributed by atoms with van der Waals surface area (Å²) in [6.45, 7) is 3.05. The van der Waals surface area contributed by atoms with Crippen molar-refractivity contribution >= 4 is 52.4 Å². The van der Waals surface area contributed by atoms with E-state index >= 15 is 0 Å². The van der Waals surface area contributed by atoms with E-state index in [9.17, 15) is 4.79 Å². The number of carbonyl (C=O) groups is 1. The maximum absolute atomic E-state index is 10.8. The number of methoxy groups -OCH3 is 1. The van der Waals surface area contributed by atoms with Crippen molar-refractivity contribution in [1.29, 1.82) is 0 Å². The van der Waals surface area contributed by atoms with Crippen molar-refractivity contribution in [2.75, 3.05) is 46.6 Å². The van der Waals surface area contributed by atoms with Gasteiger partial charge in [-0.05, 0) is 6.92 Å². The summed E-state index contributed by atoms with van der Waals surface area (Å²) in [5.41, 5.74) is 0. The Morgan fingerprint density at radius 1 is 1.00 bits per heavy atom. The molecular weight excluding hydrogens is 368 g/mol. The molecule has 0 radical (unpaired) electrons. The Labute approximate surface area is 144 Å². The van der Waals surface area contributed by atoms with Crippen molar-refractivity contribution in [1.82, 2.24) is 4.90 Å². The quantitative estimate of drug-likeness (QED) is 0.420. The first-order valence-corrected chi connectivity index (χ1v) is 7.48. The fourth-order valence-corrected chi connectivity index (χ4v) is 1.38. The lowest BCUT2D eigenvalue weighted by Gasteiger charge is -2.25. The van der Waals surface area contributed by atoms with Crippen LogP contribution < -0.4 is 0 Å². The molecule has 0 fully saturated rings. The van der Waals surface area contributed by atoms with Crippen LogP contribution in [0.25, 0.3) is 0 Å². The van der Waals surface area contributed by atoms with E-state index < -0.39 is 14.6 Å². The molecule has 6 nitrogen and oxygen atoms in total. The van der Waals surface area contributed by atoms with Crippen LogP contribution in [0.15, 0.2) is 0 Å². The molecule has 0 aromatic carbocycles. The number of hydrogen-bond acceptors (Lipinski definition) is 6. The smallest absolute Gasteiger partial charge is 0.345 e. The third kappa shape index (κ3) is 9.97. The Morgan fingerprint density at radius 2 is 1.33 bits per heavy atom. The normalized spacial score (nSPS) is 11.9. The summed E-state index contributed by atoms with van der Waals surface area (Å²) in [7, 11) is 1.14. The number of halogens is 4. The molecule has 0 amide bonds. The van der Waals surface area contributed by atoms with Gasteiger partial charge in [-0.15, -0.1) is 0 Å². The van der Waals surface area contributed by atoms with E-state index in [1.54, 1.807) is 4.90 Å². The van der Waals surface area contributed by atoms with Gasteiger partial charge < -0.3 is 20.1 Å². The van der Waals surface area contributed by atoms with Crippen molar-refractivity contribution in [2.45, 2.75) is 15.6 Å². The molecule has 0 aromatic rings. The number of nitrogens with zero attached hydrogens (tertiary/aromatic N) is 1. The first-order valence-electron chi connectivity index (χ1n) is 5.97. The summed E-state index contributed by atoms with van der Waals surface area (Å²) in [5.74, 6) is -0.881. The molecule has 0 spiro atoms. The van der Waals surface area contributed by atoms with Gasteiger partial charge in [-0.3, -0.25) is 4.90 Å². The Morgan fingerprint density at radius 3 is 1.48 bits per heavy atom. The van der Waals surface area contributed by atoms with Gasteiger partial charge in [-0.2, -0.15) is 0 Å². The average Bonchev–Trinajstić information content (AvgIpc) is 2.38. The molecule has 0 bridgehead atoms. The SMILES string of the molecule is COC(=O)C(Cl)(Cl)C(C)(Cl)Cl.OCCN(CCO)CCO. The summed E-state index contributed by atoms with van der Waals surface area (Å²) in [6.07, 6.45) is 0. The zero-order valence-electron chi connectivity index (χ0n) is 11.9. The molecule has 0 aliphatic rings. The minimum Gasteiger partial charge on any atom is -0.467 e. The van der Waals surface area contributed by atoms with Crippen molar-refractivity contribution in [3.8, 4) is 0 Å². The van der Waals surface area contributed by atoms with Crippen molar-refractivity contribution < 1.29 is 24.9 Å². The molecule has 0 atom stereocenters. The van der Waals surface area contributed by atoms with Crippen molar-refractivity contribution in [3.63, 3.8) is 0 Å². The fourth-order valence-electron chi connectivity index (χ4n) is 1.07. The van der Waals surface area contributed by atoms with E-state index in [0.29, 0.717) is 19.6 Å². The van der Waals surface area contributed by atoms with Crippen LogP contribution in [0, 0.1) is 0 Å². The van der Waals surface area contributed by atoms with Gasteiger partial charge in [0.15, 0.2) is 4.33 Å². The van der Waals surface area contributed by atoms with Gasteiger partial charge in [0, 0.05) is 19.6 Å². The highest BCUT2D eigenvalue weighted by molar-refractivity contribution is 6.68. The molecule has 3 N–H and O–H groups in total. The number of ether oxygens (including phenoxy) is 1. The van der Waals surface area contributed by atoms with Gasteiger partial charge in [-0.1, -0.05) is 46.4 Å². The molecule has 0 saturated heterocycles. The average molecular weight is 389 g/mol. The highest BCUT2D eigenvalue weighted by atomic mass is 35.5. The van der Waals surface area contributed by atoms with E-state index in [2.05, 4.69) is 4.74 Å². The third-order valence-corrected chi connectivity index (χ3v) is 4.26. The van der Waals surface area contributed by atoms with E-state index in [-0.39, 0.29) is 19.8 Å². The first kappa shape index (κ1) is 23.7. The Hall–Kier alpha value is 0.470. The minimum atomic E-state index is -1.94. The zero-order valence-corrected chi connectivity index (χ0v) is 14.9. The molecular formula is C11H21Cl4NO5. The molecule has 0 heterocycles. The lowest BCUT2D eigenvalue weighted by molar-refractivity contribution is -0.141. The van der Waals surface area contributed by atoms with Crippen LogP contribution in [0.2, 0.25) is 0 Å². The molecule has 0 aromatic heterocycles. The highest BCUT2D eigenvalue weighted by Gasteiger charge is 2.51. The van der Waals surface area contributed by atoms with Crippen LogP contribution in [0.5, 0.6) is 0 Å². The molecule has 0 rings (SSSR count). The maximum atomic E-state index is 10.8. The lowest BCUT2D eigenvalue weighted by Crippen LogP contribution is -2.42. The van der Waals surface area contributed by atoms with Crippen LogP contribution >= 0.6 is 46.4 Å². The second-order valence-electron chi connectivity index (χ2n) is 3.97. The van der Waals surface area contributed by atoms with E-state index in [1.807, 2.05) is 0 Å². The lowest BCUT2D eigenvalue weighted by atomic mass is 10.3. The Kier molecular flexibility index (Phi) is 13.5. The van der Waals surface area contributed by atoms with Crippen molar-refractivity contribution in [3.05, 3.63) is 0 Å². The fraction of sp³-hybridized carbons (Fsp3) is 0.909. The van der Waals surface area contributed by atoms with Gasteiger partial charge in [0.25, 0.3) is 0 Å². The van der Waals surface area contributed by atoms with Gasteiger partial charge in [0.2, 0.25) is 4.33 Å². The predicted octanol–water partition coefficient (Wildman–Crippen LogP) is 0.792. The minimum absolute atomic E-state index is 0.0694. The number of aliphatic hydroxyl groups is 3. The van der Waals surface area contributed by atoms with Crippen LogP contribution in [0.3, 0.4) is 0 Å². The Balaban J connectivity index is 0.